The Morgan fingerprint density at radius 3 is 1.82 bits per heavy atom. The Bertz CT molecular complexity index is 5040. The van der Waals surface area contributed by atoms with Gasteiger partial charge < -0.3 is 13.4 Å². The first kappa shape index (κ1) is 43.6. The van der Waals surface area contributed by atoms with Gasteiger partial charge in [-0.3, -0.25) is 0 Å². The van der Waals surface area contributed by atoms with Crippen molar-refractivity contribution < 1.29 is 8.83 Å². The number of furan rings is 2. The van der Waals surface area contributed by atoms with E-state index in [1.54, 1.807) is 22.7 Å². The lowest BCUT2D eigenvalue weighted by Gasteiger charge is -2.21. The minimum Gasteiger partial charge on any atom is -0.456 e. The predicted molar refractivity (Wildman–Crippen MR) is 323 cm³/mol. The molecule has 0 saturated carbocycles. The van der Waals surface area contributed by atoms with Crippen molar-refractivity contribution in [2.24, 2.45) is 0 Å². The average Bonchev–Trinajstić information content (AvgIpc) is 4.40. The van der Waals surface area contributed by atoms with Crippen LogP contribution in [0.2, 0.25) is 0 Å². The third-order valence-corrected chi connectivity index (χ3v) is 17.2. The number of rotatable bonds is 8. The van der Waals surface area contributed by atoms with Gasteiger partial charge in [0.25, 0.3) is 0 Å². The van der Waals surface area contributed by atoms with Crippen LogP contribution in [0.1, 0.15) is 10.7 Å². The molecule has 0 radical (unpaired) electrons. The van der Waals surface area contributed by atoms with Gasteiger partial charge in [0.05, 0.1) is 22.1 Å². The molecule has 0 aliphatic carbocycles. The number of para-hydroxylation sites is 2. The fraction of sp³-hybridized carbons (Fsp3) is 0. The molecule has 360 valence electrons. The summed E-state index contributed by atoms with van der Waals surface area (Å²) in [4.78, 5) is 17.2. The van der Waals surface area contributed by atoms with Gasteiger partial charge in [0, 0.05) is 84.5 Å². The molecule has 0 amide bonds. The smallest absolute Gasteiger partial charge is 0.164 e. The second-order valence-corrected chi connectivity index (χ2v) is 21.7. The van der Waals surface area contributed by atoms with E-state index in [0.717, 1.165) is 115 Å². The fourth-order valence-corrected chi connectivity index (χ4v) is 13.7. The predicted octanol–water partition coefficient (Wildman–Crippen LogP) is 19.7. The first-order chi connectivity index (χ1) is 38.1. The summed E-state index contributed by atoms with van der Waals surface area (Å²) < 4.78 is 19.5. The van der Waals surface area contributed by atoms with Crippen molar-refractivity contribution in [2.45, 2.75) is 0 Å². The lowest BCUT2D eigenvalue weighted by molar-refractivity contribution is 0.665. The maximum Gasteiger partial charge on any atom is 0.164 e. The summed E-state index contributed by atoms with van der Waals surface area (Å²) in [5.41, 5.74) is 13.2. The largest absolute Gasteiger partial charge is 0.456 e. The first-order valence-corrected chi connectivity index (χ1v) is 27.2. The van der Waals surface area contributed by atoms with Gasteiger partial charge in [-0.25, -0.2) is 15.0 Å². The van der Waals surface area contributed by atoms with Gasteiger partial charge in [-0.15, -0.1) is 22.7 Å². The Labute approximate surface area is 448 Å². The van der Waals surface area contributed by atoms with Crippen molar-refractivity contribution in [3.63, 3.8) is 0 Å². The van der Waals surface area contributed by atoms with Crippen LogP contribution in [0.25, 0.3) is 158 Å². The number of allylic oxidation sites excluding steroid dienone is 2. The van der Waals surface area contributed by atoms with Crippen LogP contribution in [0, 0.1) is 0 Å². The zero-order chi connectivity index (χ0) is 50.7. The lowest BCUT2D eigenvalue weighted by Crippen LogP contribution is -2.05. The van der Waals surface area contributed by atoms with Crippen LogP contribution >= 0.6 is 22.7 Å². The summed E-state index contributed by atoms with van der Waals surface area (Å²) in [7, 11) is 0. The molecule has 0 saturated heterocycles. The summed E-state index contributed by atoms with van der Waals surface area (Å²) in [6.45, 7) is 4.33. The third-order valence-electron chi connectivity index (χ3n) is 15.0. The van der Waals surface area contributed by atoms with Gasteiger partial charge >= 0.3 is 0 Å². The van der Waals surface area contributed by atoms with Crippen molar-refractivity contribution in [3.05, 3.63) is 242 Å². The highest BCUT2D eigenvalue weighted by molar-refractivity contribution is 7.25. The zero-order valence-corrected chi connectivity index (χ0v) is 42.7. The molecular formula is C69H40N4O2S2. The molecule has 0 fully saturated rings. The van der Waals surface area contributed by atoms with E-state index in [2.05, 4.69) is 223 Å². The topological polar surface area (TPSA) is 69.9 Å². The van der Waals surface area contributed by atoms with Crippen LogP contribution in [0.4, 0.5) is 0 Å². The highest BCUT2D eigenvalue weighted by Gasteiger charge is 2.26. The van der Waals surface area contributed by atoms with E-state index in [-0.39, 0.29) is 0 Å². The number of hydrogen-bond acceptors (Lipinski definition) is 7. The van der Waals surface area contributed by atoms with Crippen LogP contribution in [-0.2, 0) is 0 Å². The molecule has 0 atom stereocenters. The maximum absolute atomic E-state index is 7.05. The summed E-state index contributed by atoms with van der Waals surface area (Å²) >= 11 is 3.52. The third kappa shape index (κ3) is 6.96. The normalized spacial score (nSPS) is 12.3. The number of hydrogen-bond donors (Lipinski definition) is 0. The maximum atomic E-state index is 7.05. The van der Waals surface area contributed by atoms with Crippen LogP contribution < -0.4 is 0 Å². The van der Waals surface area contributed by atoms with Gasteiger partial charge in [-0.2, -0.15) is 0 Å². The van der Waals surface area contributed by atoms with Gasteiger partial charge in [-0.1, -0.05) is 158 Å². The van der Waals surface area contributed by atoms with Gasteiger partial charge in [0.15, 0.2) is 17.5 Å². The molecule has 8 heteroatoms. The molecule has 6 nitrogen and oxygen atoms in total. The molecule has 10 aromatic carbocycles. The quantitative estimate of drug-likeness (QED) is 0.142. The first-order valence-electron chi connectivity index (χ1n) is 25.6. The Balaban J connectivity index is 0.962. The summed E-state index contributed by atoms with van der Waals surface area (Å²) in [5.74, 6) is 1.67. The fourth-order valence-electron chi connectivity index (χ4n) is 11.5. The molecular weight excluding hydrogens is 981 g/mol. The summed E-state index contributed by atoms with van der Waals surface area (Å²) in [6.07, 6.45) is 4.00. The Hall–Kier alpha value is -9.73. The van der Waals surface area contributed by atoms with Crippen LogP contribution in [-0.4, -0.2) is 19.5 Å². The number of fused-ring (bicyclic) bond motifs is 14. The Kier molecular flexibility index (Phi) is 9.73. The van der Waals surface area contributed by atoms with E-state index in [1.165, 1.54) is 30.3 Å². The van der Waals surface area contributed by atoms with Gasteiger partial charge in [0.1, 0.15) is 22.3 Å². The van der Waals surface area contributed by atoms with Crippen LogP contribution in [0.15, 0.2) is 240 Å². The molecule has 16 rings (SSSR count). The molecule has 16 aromatic rings. The second-order valence-electron chi connectivity index (χ2n) is 19.5. The van der Waals surface area contributed by atoms with E-state index in [0.29, 0.717) is 17.5 Å². The Morgan fingerprint density at radius 1 is 0.429 bits per heavy atom. The van der Waals surface area contributed by atoms with E-state index in [1.807, 2.05) is 18.2 Å². The lowest BCUT2D eigenvalue weighted by atomic mass is 9.92. The van der Waals surface area contributed by atoms with Crippen LogP contribution in [0.3, 0.4) is 0 Å². The van der Waals surface area contributed by atoms with E-state index >= 15 is 0 Å². The van der Waals surface area contributed by atoms with E-state index < -0.39 is 0 Å². The van der Waals surface area contributed by atoms with E-state index in [4.69, 9.17) is 23.8 Å². The molecule has 0 aliphatic rings. The molecule has 6 heterocycles. The number of nitrogens with zero attached hydrogens (tertiary/aromatic N) is 4. The molecule has 0 spiro atoms. The summed E-state index contributed by atoms with van der Waals surface area (Å²) in [6, 6.07) is 77.3. The molecule has 0 N–H and O–H groups in total. The highest BCUT2D eigenvalue weighted by Crippen LogP contribution is 2.47. The molecule has 77 heavy (non-hydrogen) atoms. The van der Waals surface area contributed by atoms with Crippen LogP contribution in [0.5, 0.6) is 0 Å². The van der Waals surface area contributed by atoms with Gasteiger partial charge in [-0.05, 0) is 95.4 Å². The van der Waals surface area contributed by atoms with Gasteiger partial charge in [0.2, 0.25) is 0 Å². The van der Waals surface area contributed by atoms with E-state index in [9.17, 15) is 0 Å². The number of benzene rings is 10. The molecule has 6 aromatic heterocycles. The number of aromatic nitrogens is 4. The minimum atomic E-state index is 0.541. The molecule has 0 bridgehead atoms. The SMILES string of the molecule is C=C/C(=C\c1cc2ccccc2s1)c1nc(-c2cc(-c3ccccc3)c(-n3c4ccccc4c4c5oc6cc7c(cc6c5ccc43)oc3ccccc37)c(-c3ccccc3)c2)nc(-c2ccc3c(c2)sc2ccccc23)n1. The second kappa shape index (κ2) is 17.2. The minimum absolute atomic E-state index is 0.541. The zero-order valence-electron chi connectivity index (χ0n) is 41.1. The molecule has 0 unspecified atom stereocenters. The van der Waals surface area contributed by atoms with Crippen molar-refractivity contribution >= 4 is 130 Å². The number of thiophene rings is 2. The average molecular weight is 1020 g/mol. The van der Waals surface area contributed by atoms with Crippen molar-refractivity contribution in [1.29, 1.82) is 0 Å². The van der Waals surface area contributed by atoms with Crippen molar-refractivity contribution in [1.82, 2.24) is 19.5 Å². The standard InChI is InChI=1S/C69H40N4O2S2/c1-2-40(33-46-34-43-21-9-15-27-61(43)76-46)67-70-68(44-29-30-49-48-23-12-16-28-62(48)77-63(49)37-44)72-69(71-67)45-35-52(41-17-5-3-6-18-41)65(53(36-45)42-19-7-4-8-20-42)73-56-25-13-10-24-51(56)64-57(73)32-31-50-55-39-59-54(38-60(55)75-66(50)64)47-22-11-14-26-58(47)74-59/h2-39H,1H2/b40-33+. The highest BCUT2D eigenvalue weighted by atomic mass is 32.1. The van der Waals surface area contributed by atoms with Crippen molar-refractivity contribution in [3.8, 4) is 50.7 Å². The Morgan fingerprint density at radius 2 is 1.05 bits per heavy atom. The summed E-state index contributed by atoms with van der Waals surface area (Å²) in [5, 5.41) is 9.94. The monoisotopic (exact) mass is 1020 g/mol. The van der Waals surface area contributed by atoms with Crippen molar-refractivity contribution in [2.75, 3.05) is 0 Å². The molecule has 0 aliphatic heterocycles.